The zero-order chi connectivity index (χ0) is 16.9. The number of nitrogens with one attached hydrogen (secondary N) is 1. The minimum absolute atomic E-state index is 0.219. The fourth-order valence-corrected chi connectivity index (χ4v) is 3.63. The van der Waals surface area contributed by atoms with Crippen molar-refractivity contribution >= 4 is 39.5 Å². The molecule has 0 radical (unpaired) electrons. The van der Waals surface area contributed by atoms with E-state index in [0.717, 1.165) is 40.9 Å². The normalized spacial score (nSPS) is 16.5. The fourth-order valence-electron chi connectivity index (χ4n) is 2.76. The molecule has 126 valence electrons. The Morgan fingerprint density at radius 3 is 2.83 bits per heavy atom. The third-order valence-corrected chi connectivity index (χ3v) is 5.04. The Balaban J connectivity index is 1.53. The molecular weight excluding hydrogens is 324 g/mol. The van der Waals surface area contributed by atoms with Crippen LogP contribution in [0.3, 0.4) is 0 Å². The van der Waals surface area contributed by atoms with E-state index >= 15 is 0 Å². The van der Waals surface area contributed by atoms with Crippen molar-refractivity contribution in [2.24, 2.45) is 0 Å². The summed E-state index contributed by atoms with van der Waals surface area (Å²) in [7, 11) is 0. The van der Waals surface area contributed by atoms with Gasteiger partial charge >= 0.3 is 5.97 Å². The first-order valence-corrected chi connectivity index (χ1v) is 8.98. The fraction of sp³-hybridized carbons (Fsp3) is 0.389. The van der Waals surface area contributed by atoms with Gasteiger partial charge in [-0.15, -0.1) is 11.3 Å². The van der Waals surface area contributed by atoms with E-state index in [4.69, 9.17) is 4.74 Å². The number of aromatic nitrogens is 1. The Kier molecular flexibility index (Phi) is 5.25. The molecule has 1 fully saturated rings. The maximum absolute atomic E-state index is 12.0. The van der Waals surface area contributed by atoms with Crippen LogP contribution >= 0.6 is 11.3 Å². The summed E-state index contributed by atoms with van der Waals surface area (Å²) in [6, 6.07) is 8.01. The molecule has 0 bridgehead atoms. The van der Waals surface area contributed by atoms with Gasteiger partial charge in [-0.05, 0) is 38.0 Å². The van der Waals surface area contributed by atoms with Crippen LogP contribution < -0.4 is 5.32 Å². The van der Waals surface area contributed by atoms with E-state index in [1.54, 1.807) is 13.0 Å². The van der Waals surface area contributed by atoms with Crippen molar-refractivity contribution < 1.29 is 14.3 Å². The number of ether oxygens (including phenoxy) is 1. The summed E-state index contributed by atoms with van der Waals surface area (Å²) in [5.74, 6) is -0.771. The summed E-state index contributed by atoms with van der Waals surface area (Å²) in [5, 5.41) is 3.66. The number of carbonyl (C=O) groups excluding carboxylic acids is 2. The molecule has 0 saturated heterocycles. The Bertz CT molecular complexity index is 729. The average molecular weight is 344 g/mol. The highest BCUT2D eigenvalue weighted by molar-refractivity contribution is 7.19. The van der Waals surface area contributed by atoms with Gasteiger partial charge in [0.2, 0.25) is 0 Å². The number of hydrogen-bond donors (Lipinski definition) is 1. The lowest BCUT2D eigenvalue weighted by Crippen LogP contribution is -2.40. The van der Waals surface area contributed by atoms with E-state index in [2.05, 4.69) is 10.3 Å². The van der Waals surface area contributed by atoms with Crippen molar-refractivity contribution in [3.05, 3.63) is 35.3 Å². The van der Waals surface area contributed by atoms with Gasteiger partial charge in [-0.1, -0.05) is 25.0 Å². The van der Waals surface area contributed by atoms with E-state index in [1.165, 1.54) is 17.4 Å². The standard InChI is InChI=1S/C18H20N2O3S/c1-12(18(22)19-13-6-2-3-7-13)23-17(21)11-10-16-20-14-8-4-5-9-15(14)24-16/h4-5,8-13H,2-3,6-7H2,1H3,(H,19,22)/b11-10+/t12-/m1/s1. The minimum atomic E-state index is -0.793. The van der Waals surface area contributed by atoms with E-state index in [1.807, 2.05) is 24.3 Å². The Morgan fingerprint density at radius 2 is 2.08 bits per heavy atom. The summed E-state index contributed by atoms with van der Waals surface area (Å²) in [5.41, 5.74) is 0.903. The van der Waals surface area contributed by atoms with E-state index < -0.39 is 12.1 Å². The van der Waals surface area contributed by atoms with E-state index in [-0.39, 0.29) is 11.9 Å². The second kappa shape index (κ2) is 7.57. The number of hydrogen-bond acceptors (Lipinski definition) is 5. The number of para-hydroxylation sites is 1. The van der Waals surface area contributed by atoms with Gasteiger partial charge in [0.1, 0.15) is 5.01 Å². The number of thiazole rings is 1. The molecule has 1 aromatic carbocycles. The number of amides is 1. The van der Waals surface area contributed by atoms with Crippen molar-refractivity contribution in [3.8, 4) is 0 Å². The van der Waals surface area contributed by atoms with Gasteiger partial charge in [0.15, 0.2) is 6.10 Å². The Hall–Kier alpha value is -2.21. The lowest BCUT2D eigenvalue weighted by molar-refractivity contribution is -0.150. The SMILES string of the molecule is C[C@@H](OC(=O)/C=C/c1nc2ccccc2s1)C(=O)NC1CCCC1. The van der Waals surface area contributed by atoms with Crippen LogP contribution in [0, 0.1) is 0 Å². The molecule has 1 N–H and O–H groups in total. The third kappa shape index (κ3) is 4.20. The van der Waals surface area contributed by atoms with E-state index in [9.17, 15) is 9.59 Å². The molecule has 1 saturated carbocycles. The first-order valence-electron chi connectivity index (χ1n) is 8.16. The van der Waals surface area contributed by atoms with Gasteiger partial charge in [-0.3, -0.25) is 4.79 Å². The maximum atomic E-state index is 12.0. The molecule has 1 aromatic heterocycles. The second-order valence-corrected chi connectivity index (χ2v) is 6.98. The molecule has 0 aliphatic heterocycles. The predicted molar refractivity (Wildman–Crippen MR) is 94.6 cm³/mol. The van der Waals surface area contributed by atoms with Gasteiger partial charge < -0.3 is 10.1 Å². The molecule has 1 aliphatic rings. The molecule has 1 aliphatic carbocycles. The van der Waals surface area contributed by atoms with Crippen LogP contribution in [-0.2, 0) is 14.3 Å². The first kappa shape index (κ1) is 16.6. The summed E-state index contributed by atoms with van der Waals surface area (Å²) >= 11 is 1.50. The molecule has 6 heteroatoms. The molecule has 2 aromatic rings. The van der Waals surface area contributed by atoms with Crippen molar-refractivity contribution in [1.82, 2.24) is 10.3 Å². The van der Waals surface area contributed by atoms with Crippen LogP contribution in [0.4, 0.5) is 0 Å². The lowest BCUT2D eigenvalue weighted by Gasteiger charge is -2.16. The van der Waals surface area contributed by atoms with E-state index in [0.29, 0.717) is 0 Å². The van der Waals surface area contributed by atoms with Crippen LogP contribution in [0.15, 0.2) is 30.3 Å². The number of nitrogens with zero attached hydrogens (tertiary/aromatic N) is 1. The first-order chi connectivity index (χ1) is 11.6. The van der Waals surface area contributed by atoms with Crippen LogP contribution in [0.1, 0.15) is 37.6 Å². The maximum Gasteiger partial charge on any atom is 0.331 e. The molecule has 5 nitrogen and oxygen atoms in total. The van der Waals surface area contributed by atoms with Gasteiger partial charge in [0.25, 0.3) is 5.91 Å². The zero-order valence-corrected chi connectivity index (χ0v) is 14.3. The predicted octanol–water partition coefficient (Wildman–Crippen LogP) is 3.30. The third-order valence-electron chi connectivity index (χ3n) is 4.04. The van der Waals surface area contributed by atoms with Gasteiger partial charge in [-0.25, -0.2) is 9.78 Å². The van der Waals surface area contributed by atoms with Crippen molar-refractivity contribution in [2.45, 2.75) is 44.8 Å². The molecule has 24 heavy (non-hydrogen) atoms. The molecule has 1 heterocycles. The Labute approximate surface area is 144 Å². The van der Waals surface area contributed by atoms with Crippen LogP contribution in [0.5, 0.6) is 0 Å². The highest BCUT2D eigenvalue weighted by atomic mass is 32.1. The van der Waals surface area contributed by atoms with Crippen LogP contribution in [-0.4, -0.2) is 29.0 Å². The molecule has 0 unspecified atom stereocenters. The molecular formula is C18H20N2O3S. The quantitative estimate of drug-likeness (QED) is 0.667. The monoisotopic (exact) mass is 344 g/mol. The van der Waals surface area contributed by atoms with Crippen molar-refractivity contribution in [3.63, 3.8) is 0 Å². The van der Waals surface area contributed by atoms with Crippen molar-refractivity contribution in [2.75, 3.05) is 0 Å². The van der Waals surface area contributed by atoms with Crippen LogP contribution in [0.25, 0.3) is 16.3 Å². The van der Waals surface area contributed by atoms with Crippen molar-refractivity contribution in [1.29, 1.82) is 0 Å². The highest BCUT2D eigenvalue weighted by Crippen LogP contribution is 2.22. The summed E-state index contributed by atoms with van der Waals surface area (Å²) in [6.07, 6.45) is 6.44. The number of fused-ring (bicyclic) bond motifs is 1. The molecule has 3 rings (SSSR count). The Morgan fingerprint density at radius 1 is 1.33 bits per heavy atom. The molecule has 1 amide bonds. The van der Waals surface area contributed by atoms with Gasteiger partial charge in [0.05, 0.1) is 10.2 Å². The smallest absolute Gasteiger partial charge is 0.331 e. The van der Waals surface area contributed by atoms with Gasteiger partial charge in [0, 0.05) is 12.1 Å². The summed E-state index contributed by atoms with van der Waals surface area (Å²) in [4.78, 5) is 28.3. The number of benzene rings is 1. The molecule has 0 spiro atoms. The molecule has 1 atom stereocenters. The van der Waals surface area contributed by atoms with Crippen LogP contribution in [0.2, 0.25) is 0 Å². The zero-order valence-electron chi connectivity index (χ0n) is 13.5. The second-order valence-electron chi connectivity index (χ2n) is 5.92. The lowest BCUT2D eigenvalue weighted by atomic mass is 10.2. The summed E-state index contributed by atoms with van der Waals surface area (Å²) in [6.45, 7) is 1.59. The number of carbonyl (C=O) groups is 2. The van der Waals surface area contributed by atoms with Gasteiger partial charge in [-0.2, -0.15) is 0 Å². The highest BCUT2D eigenvalue weighted by Gasteiger charge is 2.22. The topological polar surface area (TPSA) is 68.3 Å². The number of esters is 1. The minimum Gasteiger partial charge on any atom is -0.449 e. The summed E-state index contributed by atoms with van der Waals surface area (Å²) < 4.78 is 6.22. The largest absolute Gasteiger partial charge is 0.449 e. The average Bonchev–Trinajstić information content (AvgIpc) is 3.21. The number of rotatable bonds is 5.